The van der Waals surface area contributed by atoms with Crippen LogP contribution in [0.2, 0.25) is 0 Å². The molecular weight excluding hydrogens is 189 g/mol. The first kappa shape index (κ1) is 12.2. The van der Waals surface area contributed by atoms with Crippen LogP contribution in [0.15, 0.2) is 18.2 Å². The minimum atomic E-state index is -1.40. The summed E-state index contributed by atoms with van der Waals surface area (Å²) in [6.07, 6.45) is 0. The van der Waals surface area contributed by atoms with Crippen LogP contribution in [0.1, 0.15) is 30.5 Å². The average Bonchev–Trinajstić information content (AvgIpc) is 2.20. The SMILES string of the molecule is Cc1ccc(C(F)(CN)C(C)C)cc1C. The van der Waals surface area contributed by atoms with Gasteiger partial charge in [-0.05, 0) is 36.5 Å². The number of benzene rings is 1. The van der Waals surface area contributed by atoms with Crippen molar-refractivity contribution in [3.63, 3.8) is 0 Å². The highest BCUT2D eigenvalue weighted by molar-refractivity contribution is 5.34. The number of aryl methyl sites for hydroxylation is 2. The second kappa shape index (κ2) is 4.31. The fraction of sp³-hybridized carbons (Fsp3) is 0.538. The minimum Gasteiger partial charge on any atom is -0.327 e. The average molecular weight is 209 g/mol. The van der Waals surface area contributed by atoms with Gasteiger partial charge in [0.25, 0.3) is 0 Å². The summed E-state index contributed by atoms with van der Waals surface area (Å²) in [5.74, 6) is -0.107. The lowest BCUT2D eigenvalue weighted by Crippen LogP contribution is -2.35. The molecule has 0 aliphatic heterocycles. The van der Waals surface area contributed by atoms with Crippen LogP contribution >= 0.6 is 0 Å². The van der Waals surface area contributed by atoms with Crippen molar-refractivity contribution in [3.8, 4) is 0 Å². The number of hydrogen-bond acceptors (Lipinski definition) is 1. The first-order valence-electron chi connectivity index (χ1n) is 5.38. The fourth-order valence-electron chi connectivity index (χ4n) is 1.69. The van der Waals surface area contributed by atoms with Gasteiger partial charge in [0.1, 0.15) is 5.67 Å². The van der Waals surface area contributed by atoms with Gasteiger partial charge in [-0.2, -0.15) is 0 Å². The van der Waals surface area contributed by atoms with Crippen molar-refractivity contribution in [1.29, 1.82) is 0 Å². The Hall–Kier alpha value is -0.890. The normalized spacial score (nSPS) is 15.4. The Kier molecular flexibility index (Phi) is 3.50. The maximum atomic E-state index is 14.6. The van der Waals surface area contributed by atoms with Crippen LogP contribution < -0.4 is 5.73 Å². The Morgan fingerprint density at radius 3 is 2.27 bits per heavy atom. The van der Waals surface area contributed by atoms with Gasteiger partial charge >= 0.3 is 0 Å². The van der Waals surface area contributed by atoms with Crippen molar-refractivity contribution in [2.24, 2.45) is 11.7 Å². The summed E-state index contributed by atoms with van der Waals surface area (Å²) in [5, 5.41) is 0. The number of rotatable bonds is 3. The van der Waals surface area contributed by atoms with E-state index in [1.165, 1.54) is 5.56 Å². The molecule has 0 radical (unpaired) electrons. The third-order valence-corrected chi connectivity index (χ3v) is 3.20. The smallest absolute Gasteiger partial charge is 0.150 e. The molecule has 1 nitrogen and oxygen atoms in total. The van der Waals surface area contributed by atoms with E-state index >= 15 is 0 Å². The molecular formula is C13H20FN. The van der Waals surface area contributed by atoms with Crippen molar-refractivity contribution in [1.82, 2.24) is 0 Å². The molecule has 0 fully saturated rings. The van der Waals surface area contributed by atoms with Crippen LogP contribution in [0.3, 0.4) is 0 Å². The Morgan fingerprint density at radius 2 is 1.87 bits per heavy atom. The first-order chi connectivity index (χ1) is 6.91. The third kappa shape index (κ3) is 2.20. The standard InChI is InChI=1S/C13H20FN/c1-9(2)13(14,8-15)12-6-5-10(3)11(4)7-12/h5-7,9H,8,15H2,1-4H3. The largest absolute Gasteiger partial charge is 0.327 e. The Morgan fingerprint density at radius 1 is 1.27 bits per heavy atom. The van der Waals surface area contributed by atoms with Crippen LogP contribution in [-0.4, -0.2) is 6.54 Å². The van der Waals surface area contributed by atoms with Crippen molar-refractivity contribution in [2.45, 2.75) is 33.4 Å². The number of halogens is 1. The zero-order valence-corrected chi connectivity index (χ0v) is 9.97. The molecule has 2 heteroatoms. The maximum Gasteiger partial charge on any atom is 0.150 e. The van der Waals surface area contributed by atoms with Crippen LogP contribution in [0.5, 0.6) is 0 Å². The van der Waals surface area contributed by atoms with Crippen LogP contribution in [0.25, 0.3) is 0 Å². The van der Waals surface area contributed by atoms with E-state index in [2.05, 4.69) is 0 Å². The highest BCUT2D eigenvalue weighted by atomic mass is 19.1. The molecule has 0 saturated carbocycles. The second-order valence-corrected chi connectivity index (χ2v) is 4.52. The van der Waals surface area contributed by atoms with Crippen LogP contribution in [-0.2, 0) is 5.67 Å². The van der Waals surface area contributed by atoms with E-state index in [4.69, 9.17) is 5.73 Å². The summed E-state index contributed by atoms with van der Waals surface area (Å²) >= 11 is 0. The second-order valence-electron chi connectivity index (χ2n) is 4.52. The van der Waals surface area contributed by atoms with Crippen molar-refractivity contribution in [2.75, 3.05) is 6.54 Å². The monoisotopic (exact) mass is 209 g/mol. The van der Waals surface area contributed by atoms with Gasteiger partial charge in [-0.15, -0.1) is 0 Å². The highest BCUT2D eigenvalue weighted by Crippen LogP contribution is 2.33. The molecule has 0 aliphatic carbocycles. The van der Waals surface area contributed by atoms with E-state index in [0.29, 0.717) is 5.56 Å². The summed E-state index contributed by atoms with van der Waals surface area (Å²) < 4.78 is 14.6. The van der Waals surface area contributed by atoms with Gasteiger partial charge in [-0.3, -0.25) is 0 Å². The van der Waals surface area contributed by atoms with E-state index in [1.54, 1.807) is 0 Å². The highest BCUT2D eigenvalue weighted by Gasteiger charge is 2.34. The van der Waals surface area contributed by atoms with Crippen LogP contribution in [0.4, 0.5) is 4.39 Å². The van der Waals surface area contributed by atoms with Crippen molar-refractivity contribution >= 4 is 0 Å². The Balaban J connectivity index is 3.19. The van der Waals surface area contributed by atoms with E-state index in [9.17, 15) is 4.39 Å². The van der Waals surface area contributed by atoms with Gasteiger partial charge in [0, 0.05) is 6.54 Å². The summed E-state index contributed by atoms with van der Waals surface area (Å²) in [6, 6.07) is 5.70. The first-order valence-corrected chi connectivity index (χ1v) is 5.38. The van der Waals surface area contributed by atoms with Gasteiger partial charge in [-0.1, -0.05) is 32.0 Å². The lowest BCUT2D eigenvalue weighted by Gasteiger charge is -2.28. The predicted octanol–water partition coefficient (Wildman–Crippen LogP) is 3.08. The molecule has 1 unspecified atom stereocenters. The molecule has 0 aromatic heterocycles. The lowest BCUT2D eigenvalue weighted by atomic mass is 9.84. The maximum absolute atomic E-state index is 14.6. The predicted molar refractivity (Wildman–Crippen MR) is 62.6 cm³/mol. The number of nitrogens with two attached hydrogens (primary N) is 1. The van der Waals surface area contributed by atoms with E-state index in [-0.39, 0.29) is 12.5 Å². The molecule has 1 rings (SSSR count). The van der Waals surface area contributed by atoms with Gasteiger partial charge in [0.2, 0.25) is 0 Å². The molecule has 84 valence electrons. The van der Waals surface area contributed by atoms with Gasteiger partial charge in [0.15, 0.2) is 0 Å². The Labute approximate surface area is 91.5 Å². The van der Waals surface area contributed by atoms with E-state index in [1.807, 2.05) is 45.9 Å². The zero-order valence-electron chi connectivity index (χ0n) is 9.97. The molecule has 2 N–H and O–H groups in total. The van der Waals surface area contributed by atoms with Gasteiger partial charge < -0.3 is 5.73 Å². The molecule has 0 aliphatic rings. The zero-order chi connectivity index (χ0) is 11.6. The Bertz CT molecular complexity index is 346. The topological polar surface area (TPSA) is 26.0 Å². The summed E-state index contributed by atoms with van der Waals surface area (Å²) in [4.78, 5) is 0. The molecule has 1 aromatic carbocycles. The fourth-order valence-corrected chi connectivity index (χ4v) is 1.69. The molecule has 0 spiro atoms. The molecule has 1 aromatic rings. The number of hydrogen-bond donors (Lipinski definition) is 1. The molecule has 15 heavy (non-hydrogen) atoms. The van der Waals surface area contributed by atoms with Gasteiger partial charge in [-0.25, -0.2) is 4.39 Å². The number of alkyl halides is 1. The lowest BCUT2D eigenvalue weighted by molar-refractivity contribution is 0.109. The summed E-state index contributed by atoms with van der Waals surface area (Å²) in [5.41, 5.74) is 7.14. The van der Waals surface area contributed by atoms with Crippen molar-refractivity contribution < 1.29 is 4.39 Å². The van der Waals surface area contributed by atoms with Gasteiger partial charge in [0.05, 0.1) is 0 Å². The quantitative estimate of drug-likeness (QED) is 0.813. The van der Waals surface area contributed by atoms with E-state index in [0.717, 1.165) is 5.56 Å². The molecule has 0 saturated heterocycles. The third-order valence-electron chi connectivity index (χ3n) is 3.20. The molecule has 1 atom stereocenters. The molecule has 0 bridgehead atoms. The summed E-state index contributed by atoms with van der Waals surface area (Å²) in [6.45, 7) is 7.78. The molecule has 0 heterocycles. The summed E-state index contributed by atoms with van der Waals surface area (Å²) in [7, 11) is 0. The molecule has 0 amide bonds. The minimum absolute atomic E-state index is 0.0349. The van der Waals surface area contributed by atoms with Crippen LogP contribution in [0, 0.1) is 19.8 Å². The van der Waals surface area contributed by atoms with Crippen molar-refractivity contribution in [3.05, 3.63) is 34.9 Å². The van der Waals surface area contributed by atoms with E-state index < -0.39 is 5.67 Å².